The van der Waals surface area contributed by atoms with E-state index in [1.807, 2.05) is 25.1 Å². The van der Waals surface area contributed by atoms with Crippen molar-refractivity contribution < 1.29 is 19.4 Å². The Bertz CT molecular complexity index is 711. The first kappa shape index (κ1) is 17.5. The van der Waals surface area contributed by atoms with E-state index in [0.717, 1.165) is 5.56 Å². The number of methoxy groups -OCH3 is 1. The van der Waals surface area contributed by atoms with Crippen molar-refractivity contribution in [2.24, 2.45) is 5.92 Å². The van der Waals surface area contributed by atoms with Crippen LogP contribution in [0.15, 0.2) is 36.7 Å². The predicted molar refractivity (Wildman–Crippen MR) is 88.1 cm³/mol. The van der Waals surface area contributed by atoms with Crippen molar-refractivity contribution in [2.45, 2.75) is 19.9 Å². The average Bonchev–Trinajstić information content (AvgIpc) is 3.07. The number of hydrogen-bond donors (Lipinski definition) is 2. The van der Waals surface area contributed by atoms with Crippen LogP contribution in [0.1, 0.15) is 22.8 Å². The van der Waals surface area contributed by atoms with E-state index in [1.165, 1.54) is 6.20 Å². The third-order valence-electron chi connectivity index (χ3n) is 3.74. The van der Waals surface area contributed by atoms with E-state index >= 15 is 0 Å². The lowest BCUT2D eigenvalue weighted by Gasteiger charge is -2.15. The molecule has 0 aliphatic rings. The minimum absolute atomic E-state index is 0.0313. The highest BCUT2D eigenvalue weighted by Gasteiger charge is 2.21. The molecule has 2 aromatic rings. The van der Waals surface area contributed by atoms with Gasteiger partial charge in [0, 0.05) is 19.3 Å². The van der Waals surface area contributed by atoms with Crippen molar-refractivity contribution in [3.63, 3.8) is 0 Å². The van der Waals surface area contributed by atoms with Crippen molar-refractivity contribution in [1.82, 2.24) is 15.1 Å². The number of aliphatic carboxylic acids is 1. The number of para-hydroxylation sites is 1. The van der Waals surface area contributed by atoms with E-state index in [-0.39, 0.29) is 18.9 Å². The van der Waals surface area contributed by atoms with Gasteiger partial charge in [-0.05, 0) is 25.0 Å². The molecule has 0 spiro atoms. The Labute approximate surface area is 140 Å². The Hall–Kier alpha value is -2.83. The largest absolute Gasteiger partial charge is 0.496 e. The van der Waals surface area contributed by atoms with Gasteiger partial charge in [0.2, 0.25) is 0 Å². The van der Waals surface area contributed by atoms with Crippen molar-refractivity contribution in [2.75, 3.05) is 13.7 Å². The fraction of sp³-hybridized carbons (Fsp3) is 0.353. The van der Waals surface area contributed by atoms with Crippen molar-refractivity contribution in [1.29, 1.82) is 0 Å². The number of nitrogens with one attached hydrogen (secondary N) is 1. The molecule has 1 aromatic carbocycles. The summed E-state index contributed by atoms with van der Waals surface area (Å²) in [5, 5.41) is 16.1. The lowest BCUT2D eigenvalue weighted by Crippen LogP contribution is -2.34. The van der Waals surface area contributed by atoms with Gasteiger partial charge in [-0.25, -0.2) is 0 Å². The highest BCUT2D eigenvalue weighted by molar-refractivity contribution is 5.93. The topological polar surface area (TPSA) is 93.5 Å². The lowest BCUT2D eigenvalue weighted by atomic mass is 9.98. The predicted octanol–water partition coefficient (Wildman–Crippen LogP) is 1.58. The molecule has 0 bridgehead atoms. The number of benzene rings is 1. The summed E-state index contributed by atoms with van der Waals surface area (Å²) in [6.45, 7) is 2.62. The molecule has 2 rings (SSSR count). The van der Waals surface area contributed by atoms with E-state index in [9.17, 15) is 14.7 Å². The number of hydrogen-bond acceptors (Lipinski definition) is 4. The molecule has 1 amide bonds. The number of amides is 1. The molecule has 0 aliphatic carbocycles. The fourth-order valence-electron chi connectivity index (χ4n) is 2.36. The van der Waals surface area contributed by atoms with Crippen molar-refractivity contribution in [3.05, 3.63) is 47.8 Å². The van der Waals surface area contributed by atoms with E-state index in [0.29, 0.717) is 17.9 Å². The molecule has 0 saturated carbocycles. The first-order valence-corrected chi connectivity index (χ1v) is 7.70. The molecular formula is C17H21N3O4. The van der Waals surface area contributed by atoms with E-state index in [2.05, 4.69) is 10.4 Å². The Morgan fingerprint density at radius 3 is 2.75 bits per heavy atom. The number of ether oxygens (including phenoxy) is 1. The smallest absolute Gasteiger partial charge is 0.308 e. The molecule has 2 N–H and O–H groups in total. The average molecular weight is 331 g/mol. The molecular weight excluding hydrogens is 310 g/mol. The molecule has 1 heterocycles. The van der Waals surface area contributed by atoms with Gasteiger partial charge in [-0.2, -0.15) is 5.10 Å². The van der Waals surface area contributed by atoms with Gasteiger partial charge in [0.1, 0.15) is 5.75 Å². The molecule has 7 heteroatoms. The zero-order chi connectivity index (χ0) is 17.5. The number of carbonyl (C=O) groups excluding carboxylic acids is 1. The fourth-order valence-corrected chi connectivity index (χ4v) is 2.36. The van der Waals surface area contributed by atoms with Crippen molar-refractivity contribution in [3.8, 4) is 5.75 Å². The standard InChI is InChI=1S/C17H21N3O4/c1-3-20-11-14(10-19-20)16(21)18-9-13(17(22)23)8-12-6-4-5-7-15(12)24-2/h4-7,10-11,13H,3,8-9H2,1-2H3,(H,18,21)(H,22,23). The maximum Gasteiger partial charge on any atom is 0.308 e. The molecule has 0 aliphatic heterocycles. The van der Waals surface area contributed by atoms with Gasteiger partial charge in [-0.15, -0.1) is 0 Å². The summed E-state index contributed by atoms with van der Waals surface area (Å²) in [5.74, 6) is -1.41. The maximum absolute atomic E-state index is 12.1. The quantitative estimate of drug-likeness (QED) is 0.766. The SMILES string of the molecule is CCn1cc(C(=O)NCC(Cc2ccccc2OC)C(=O)O)cn1. The van der Waals surface area contributed by atoms with Gasteiger partial charge >= 0.3 is 5.97 Å². The summed E-state index contributed by atoms with van der Waals surface area (Å²) in [6.07, 6.45) is 3.37. The van der Waals surface area contributed by atoms with Crippen LogP contribution in [0.5, 0.6) is 5.75 Å². The third kappa shape index (κ3) is 4.34. The summed E-state index contributed by atoms with van der Waals surface area (Å²) in [5.41, 5.74) is 1.21. The third-order valence-corrected chi connectivity index (χ3v) is 3.74. The number of nitrogens with zero attached hydrogens (tertiary/aromatic N) is 2. The van der Waals surface area contributed by atoms with E-state index in [4.69, 9.17) is 4.74 Å². The van der Waals surface area contributed by atoms with Crippen LogP contribution in [-0.4, -0.2) is 40.4 Å². The van der Waals surface area contributed by atoms with Crippen LogP contribution in [0.3, 0.4) is 0 Å². The summed E-state index contributed by atoms with van der Waals surface area (Å²) >= 11 is 0. The van der Waals surface area contributed by atoms with Crippen LogP contribution < -0.4 is 10.1 Å². The highest BCUT2D eigenvalue weighted by Crippen LogP contribution is 2.21. The summed E-state index contributed by atoms with van der Waals surface area (Å²) in [6, 6.07) is 7.26. The summed E-state index contributed by atoms with van der Waals surface area (Å²) in [4.78, 5) is 23.6. The molecule has 1 aromatic heterocycles. The molecule has 24 heavy (non-hydrogen) atoms. The van der Waals surface area contributed by atoms with Gasteiger partial charge in [0.25, 0.3) is 5.91 Å². The lowest BCUT2D eigenvalue weighted by molar-refractivity contribution is -0.141. The second-order valence-electron chi connectivity index (χ2n) is 5.35. The van der Waals surface area contributed by atoms with Crippen LogP contribution in [0.4, 0.5) is 0 Å². The molecule has 1 atom stereocenters. The normalized spacial score (nSPS) is 11.8. The van der Waals surface area contributed by atoms with Crippen LogP contribution in [0, 0.1) is 5.92 Å². The van der Waals surface area contributed by atoms with Gasteiger partial charge in [-0.3, -0.25) is 14.3 Å². The molecule has 1 unspecified atom stereocenters. The first-order valence-electron chi connectivity index (χ1n) is 7.70. The zero-order valence-electron chi connectivity index (χ0n) is 13.7. The number of carbonyl (C=O) groups is 2. The number of aromatic nitrogens is 2. The highest BCUT2D eigenvalue weighted by atomic mass is 16.5. The zero-order valence-corrected chi connectivity index (χ0v) is 13.7. The van der Waals surface area contributed by atoms with Gasteiger partial charge in [0.15, 0.2) is 0 Å². The minimum atomic E-state index is -0.967. The molecule has 0 fully saturated rings. The number of carboxylic acids is 1. The molecule has 128 valence electrons. The summed E-state index contributed by atoms with van der Waals surface area (Å²) in [7, 11) is 1.54. The Morgan fingerprint density at radius 2 is 2.12 bits per heavy atom. The molecule has 0 saturated heterocycles. The molecule has 7 nitrogen and oxygen atoms in total. The number of carboxylic acid groups (broad SMARTS) is 1. The second kappa shape index (κ2) is 8.14. The minimum Gasteiger partial charge on any atom is -0.496 e. The van der Waals surface area contributed by atoms with Crippen LogP contribution in [-0.2, 0) is 17.8 Å². The van der Waals surface area contributed by atoms with Crippen LogP contribution in [0.25, 0.3) is 0 Å². The van der Waals surface area contributed by atoms with Gasteiger partial charge in [0.05, 0.1) is 24.8 Å². The van der Waals surface area contributed by atoms with Gasteiger partial charge in [-0.1, -0.05) is 18.2 Å². The Balaban J connectivity index is 2.01. The van der Waals surface area contributed by atoms with Crippen molar-refractivity contribution >= 4 is 11.9 Å². The van der Waals surface area contributed by atoms with E-state index < -0.39 is 11.9 Å². The Kier molecular flexibility index (Phi) is 5.95. The first-order chi connectivity index (χ1) is 11.5. The number of rotatable bonds is 8. The summed E-state index contributed by atoms with van der Waals surface area (Å²) < 4.78 is 6.88. The Morgan fingerprint density at radius 1 is 1.38 bits per heavy atom. The van der Waals surface area contributed by atoms with Crippen LogP contribution >= 0.6 is 0 Å². The van der Waals surface area contributed by atoms with E-state index in [1.54, 1.807) is 24.1 Å². The van der Waals surface area contributed by atoms with Gasteiger partial charge < -0.3 is 15.2 Å². The second-order valence-corrected chi connectivity index (χ2v) is 5.35. The van der Waals surface area contributed by atoms with Crippen LogP contribution in [0.2, 0.25) is 0 Å². The molecule has 0 radical (unpaired) electrons. The number of aryl methyl sites for hydroxylation is 1. The monoisotopic (exact) mass is 331 g/mol. The maximum atomic E-state index is 12.1.